The fourth-order valence-corrected chi connectivity index (χ4v) is 5.59. The molecule has 0 radical (unpaired) electrons. The third-order valence-corrected chi connectivity index (χ3v) is 4.88. The number of rotatable bonds is 5. The van der Waals surface area contributed by atoms with Crippen LogP contribution >= 0.6 is 67.8 Å². The molecule has 0 aliphatic rings. The summed E-state index contributed by atoms with van der Waals surface area (Å²) >= 11 is 6.64. The zero-order chi connectivity index (χ0) is 15.4. The van der Waals surface area contributed by atoms with Crippen LogP contribution in [-0.2, 0) is 11.2 Å². The quantitative estimate of drug-likeness (QED) is 0.448. The van der Waals surface area contributed by atoms with Gasteiger partial charge >= 0.3 is 0 Å². The van der Waals surface area contributed by atoms with Crippen molar-refractivity contribution in [2.24, 2.45) is 0 Å². The molecule has 0 amide bonds. The summed E-state index contributed by atoms with van der Waals surface area (Å²) in [5, 5.41) is 0. The van der Waals surface area contributed by atoms with Crippen molar-refractivity contribution >= 4 is 73.6 Å². The summed E-state index contributed by atoms with van der Waals surface area (Å²) in [6, 6.07) is 9.95. The van der Waals surface area contributed by atoms with E-state index in [4.69, 9.17) is 4.74 Å². The fraction of sp³-hybridized carbons (Fsp3) is 0.133. The third-order valence-electron chi connectivity index (χ3n) is 2.66. The molecule has 0 bridgehead atoms. The van der Waals surface area contributed by atoms with Gasteiger partial charge in [0.2, 0.25) is 0 Å². The highest BCUT2D eigenvalue weighted by Gasteiger charge is 2.11. The molecule has 0 unspecified atom stereocenters. The summed E-state index contributed by atoms with van der Waals surface area (Å²) < 4.78 is 21.5. The molecule has 0 heterocycles. The van der Waals surface area contributed by atoms with E-state index in [2.05, 4.69) is 67.8 Å². The van der Waals surface area contributed by atoms with Crippen LogP contribution < -0.4 is 4.74 Å². The second kappa shape index (κ2) is 8.04. The molecule has 2 rings (SSSR count). The van der Waals surface area contributed by atoms with E-state index < -0.39 is 0 Å². The molecule has 2 aromatic carbocycles. The standard InChI is InChI=1S/C15H10FI3O2/c16-10-3-1-9(2-4-10)5-12(20)8-21-15-13(18)6-11(17)7-14(15)19/h1-4,6-7H,5,8H2. The van der Waals surface area contributed by atoms with E-state index in [-0.39, 0.29) is 24.6 Å². The van der Waals surface area contributed by atoms with Gasteiger partial charge in [0, 0.05) is 9.99 Å². The largest absolute Gasteiger partial charge is 0.484 e. The zero-order valence-electron chi connectivity index (χ0n) is 10.7. The molecule has 0 N–H and O–H groups in total. The van der Waals surface area contributed by atoms with Gasteiger partial charge in [-0.05, 0) is 97.6 Å². The third kappa shape index (κ3) is 5.31. The lowest BCUT2D eigenvalue weighted by molar-refractivity contribution is -0.120. The maximum atomic E-state index is 12.8. The van der Waals surface area contributed by atoms with Gasteiger partial charge in [-0.2, -0.15) is 0 Å². The molecule has 0 atom stereocenters. The van der Waals surface area contributed by atoms with E-state index >= 15 is 0 Å². The van der Waals surface area contributed by atoms with E-state index in [0.717, 1.165) is 22.0 Å². The van der Waals surface area contributed by atoms with Crippen molar-refractivity contribution in [3.05, 3.63) is 58.5 Å². The first-order valence-corrected chi connectivity index (χ1v) is 9.23. The van der Waals surface area contributed by atoms with Crippen molar-refractivity contribution in [3.63, 3.8) is 0 Å². The van der Waals surface area contributed by atoms with E-state index in [1.807, 2.05) is 12.1 Å². The molecule has 21 heavy (non-hydrogen) atoms. The van der Waals surface area contributed by atoms with Gasteiger partial charge < -0.3 is 4.74 Å². The van der Waals surface area contributed by atoms with Crippen molar-refractivity contribution < 1.29 is 13.9 Å². The van der Waals surface area contributed by atoms with Crippen LogP contribution in [0, 0.1) is 16.5 Å². The van der Waals surface area contributed by atoms with E-state index in [1.165, 1.54) is 12.1 Å². The summed E-state index contributed by atoms with van der Waals surface area (Å²) in [7, 11) is 0. The second-order valence-electron chi connectivity index (χ2n) is 4.33. The summed E-state index contributed by atoms with van der Waals surface area (Å²) in [4.78, 5) is 11.9. The van der Waals surface area contributed by atoms with E-state index in [1.54, 1.807) is 12.1 Å². The first-order valence-electron chi connectivity index (χ1n) is 5.99. The van der Waals surface area contributed by atoms with Crippen LogP contribution in [0.25, 0.3) is 0 Å². The van der Waals surface area contributed by atoms with E-state index in [0.29, 0.717) is 0 Å². The molecular formula is C15H10FI3O2. The number of benzene rings is 2. The Labute approximate surface area is 163 Å². The number of Topliss-reactive ketones (excluding diaryl/α,β-unsaturated/α-hetero) is 1. The van der Waals surface area contributed by atoms with Crippen LogP contribution in [0.4, 0.5) is 4.39 Å². The number of hydrogen-bond acceptors (Lipinski definition) is 2. The van der Waals surface area contributed by atoms with Crippen molar-refractivity contribution in [2.75, 3.05) is 6.61 Å². The maximum Gasteiger partial charge on any atom is 0.174 e. The van der Waals surface area contributed by atoms with Crippen LogP contribution in [0.3, 0.4) is 0 Å². The van der Waals surface area contributed by atoms with Crippen molar-refractivity contribution in [3.8, 4) is 5.75 Å². The van der Waals surface area contributed by atoms with Gasteiger partial charge in [0.25, 0.3) is 0 Å². The Bertz CT molecular complexity index is 633. The Hall–Kier alpha value is 0.0300. The summed E-state index contributed by atoms with van der Waals surface area (Å²) in [6.45, 7) is 0.0178. The number of carbonyl (C=O) groups is 1. The van der Waals surface area contributed by atoms with Crippen LogP contribution in [0.1, 0.15) is 5.56 Å². The molecule has 110 valence electrons. The lowest BCUT2D eigenvalue weighted by Gasteiger charge is -2.10. The smallest absolute Gasteiger partial charge is 0.174 e. The van der Waals surface area contributed by atoms with Crippen LogP contribution in [0.2, 0.25) is 0 Å². The molecular weight excluding hydrogens is 612 g/mol. The highest BCUT2D eigenvalue weighted by atomic mass is 127. The molecule has 0 spiro atoms. The Morgan fingerprint density at radius 3 is 2.19 bits per heavy atom. The Morgan fingerprint density at radius 1 is 1.05 bits per heavy atom. The predicted molar refractivity (Wildman–Crippen MR) is 105 cm³/mol. The van der Waals surface area contributed by atoms with Crippen LogP contribution in [0.15, 0.2) is 36.4 Å². The summed E-state index contributed by atoms with van der Waals surface area (Å²) in [6.07, 6.45) is 0.248. The SMILES string of the molecule is O=C(COc1c(I)cc(I)cc1I)Cc1ccc(F)cc1. The lowest BCUT2D eigenvalue weighted by Crippen LogP contribution is -2.15. The summed E-state index contributed by atoms with van der Waals surface area (Å²) in [5.74, 6) is 0.404. The van der Waals surface area contributed by atoms with Gasteiger partial charge in [-0.15, -0.1) is 0 Å². The van der Waals surface area contributed by atoms with E-state index in [9.17, 15) is 9.18 Å². The molecule has 2 aromatic rings. The molecule has 0 fully saturated rings. The Morgan fingerprint density at radius 2 is 1.62 bits per heavy atom. The van der Waals surface area contributed by atoms with Gasteiger partial charge in [-0.25, -0.2) is 4.39 Å². The van der Waals surface area contributed by atoms with Crippen molar-refractivity contribution in [1.82, 2.24) is 0 Å². The van der Waals surface area contributed by atoms with Gasteiger partial charge in [-0.1, -0.05) is 12.1 Å². The van der Waals surface area contributed by atoms with Crippen LogP contribution in [0.5, 0.6) is 5.75 Å². The normalized spacial score (nSPS) is 10.5. The first kappa shape index (κ1) is 17.4. The minimum Gasteiger partial charge on any atom is -0.484 e. The molecule has 0 aliphatic carbocycles. The Kier molecular flexibility index (Phi) is 6.66. The zero-order valence-corrected chi connectivity index (χ0v) is 17.2. The minimum atomic E-state index is -0.301. The van der Waals surface area contributed by atoms with Gasteiger partial charge in [0.1, 0.15) is 18.2 Å². The average Bonchev–Trinajstić information content (AvgIpc) is 2.40. The number of ketones is 1. The molecule has 0 aliphatic heterocycles. The minimum absolute atomic E-state index is 0.0178. The molecule has 0 saturated carbocycles. The summed E-state index contributed by atoms with van der Waals surface area (Å²) in [5.41, 5.74) is 0.789. The monoisotopic (exact) mass is 622 g/mol. The number of ether oxygens (including phenoxy) is 1. The molecule has 0 aromatic heterocycles. The topological polar surface area (TPSA) is 26.3 Å². The number of carbonyl (C=O) groups excluding carboxylic acids is 1. The van der Waals surface area contributed by atoms with Gasteiger partial charge in [0.05, 0.1) is 7.14 Å². The molecule has 6 heteroatoms. The Balaban J connectivity index is 1.97. The first-order chi connectivity index (χ1) is 9.95. The highest BCUT2D eigenvalue weighted by Crippen LogP contribution is 2.29. The van der Waals surface area contributed by atoms with Crippen molar-refractivity contribution in [2.45, 2.75) is 6.42 Å². The average molecular weight is 622 g/mol. The maximum absolute atomic E-state index is 12.8. The molecule has 2 nitrogen and oxygen atoms in total. The highest BCUT2D eigenvalue weighted by molar-refractivity contribution is 14.1. The van der Waals surface area contributed by atoms with Gasteiger partial charge in [0.15, 0.2) is 5.78 Å². The number of hydrogen-bond donors (Lipinski definition) is 0. The fourth-order valence-electron chi connectivity index (χ4n) is 1.70. The van der Waals surface area contributed by atoms with Crippen molar-refractivity contribution in [1.29, 1.82) is 0 Å². The number of halogens is 4. The predicted octanol–water partition coefficient (Wildman–Crippen LogP) is 4.83. The lowest BCUT2D eigenvalue weighted by atomic mass is 10.1. The molecule has 0 saturated heterocycles. The van der Waals surface area contributed by atoms with Crippen LogP contribution in [-0.4, -0.2) is 12.4 Å². The second-order valence-corrected chi connectivity index (χ2v) is 7.90. The van der Waals surface area contributed by atoms with Gasteiger partial charge in [-0.3, -0.25) is 4.79 Å².